The first kappa shape index (κ1) is 11.4. The van der Waals surface area contributed by atoms with Crippen molar-refractivity contribution in [2.45, 2.75) is 31.9 Å². The number of aliphatic imine (C=N–C) groups is 1. The largest absolute Gasteiger partial charge is 0.479 e. The molecule has 84 valence electrons. The molecule has 0 aliphatic carbocycles. The molecule has 0 saturated carbocycles. The second-order valence-corrected chi connectivity index (χ2v) is 3.31. The summed E-state index contributed by atoms with van der Waals surface area (Å²) in [7, 11) is 0. The number of rotatable bonds is 3. The molecular formula is C8H12N2O5. The van der Waals surface area contributed by atoms with Crippen LogP contribution >= 0.6 is 0 Å². The highest BCUT2D eigenvalue weighted by Gasteiger charge is 2.26. The molecule has 7 heteroatoms. The van der Waals surface area contributed by atoms with E-state index in [1.807, 2.05) is 0 Å². The predicted molar refractivity (Wildman–Crippen MR) is 50.5 cm³/mol. The van der Waals surface area contributed by atoms with E-state index < -0.39 is 18.1 Å². The van der Waals surface area contributed by atoms with Gasteiger partial charge in [-0.3, -0.25) is 10.1 Å². The summed E-state index contributed by atoms with van der Waals surface area (Å²) in [6.07, 6.45) is -0.294. The lowest BCUT2D eigenvalue weighted by Crippen LogP contribution is -2.31. The average molecular weight is 216 g/mol. The van der Waals surface area contributed by atoms with Gasteiger partial charge >= 0.3 is 5.97 Å². The van der Waals surface area contributed by atoms with Crippen LogP contribution in [0.2, 0.25) is 0 Å². The van der Waals surface area contributed by atoms with Gasteiger partial charge in [0.2, 0.25) is 6.04 Å². The Morgan fingerprint density at radius 1 is 1.80 bits per heavy atom. The van der Waals surface area contributed by atoms with Gasteiger partial charge in [0.1, 0.15) is 6.54 Å². The third kappa shape index (κ3) is 3.19. The Morgan fingerprint density at radius 3 is 2.87 bits per heavy atom. The molecule has 15 heavy (non-hydrogen) atoms. The Labute approximate surface area is 85.9 Å². The van der Waals surface area contributed by atoms with Crippen molar-refractivity contribution >= 4 is 11.9 Å². The summed E-state index contributed by atoms with van der Waals surface area (Å²) in [5.74, 6) is -0.780. The number of nitrogens with zero attached hydrogens (tertiary/aromatic N) is 2. The number of nitro groups is 1. The van der Waals surface area contributed by atoms with Gasteiger partial charge in [-0.25, -0.2) is 9.79 Å². The standard InChI is InChI=1S/C8H12N2O5/c1-5(8(11)12)15-7-3-2-6(4-9-7)10(13)14/h5-6H,2-4H2,1H3,(H,11,12). The monoisotopic (exact) mass is 216 g/mol. The molecule has 0 aromatic heterocycles. The van der Waals surface area contributed by atoms with Crippen molar-refractivity contribution in [2.75, 3.05) is 6.54 Å². The van der Waals surface area contributed by atoms with E-state index in [9.17, 15) is 14.9 Å². The van der Waals surface area contributed by atoms with Crippen molar-refractivity contribution in [1.29, 1.82) is 0 Å². The van der Waals surface area contributed by atoms with E-state index in [1.54, 1.807) is 0 Å². The summed E-state index contributed by atoms with van der Waals surface area (Å²) in [5.41, 5.74) is 0. The van der Waals surface area contributed by atoms with Crippen molar-refractivity contribution in [1.82, 2.24) is 0 Å². The Kier molecular flexibility index (Phi) is 3.59. The summed E-state index contributed by atoms with van der Waals surface area (Å²) in [5, 5.41) is 19.0. The zero-order valence-electron chi connectivity index (χ0n) is 8.25. The minimum absolute atomic E-state index is 0.0642. The lowest BCUT2D eigenvalue weighted by atomic mass is 10.1. The Hall–Kier alpha value is -1.66. The number of hydrogen-bond donors (Lipinski definition) is 1. The first-order valence-corrected chi connectivity index (χ1v) is 4.57. The van der Waals surface area contributed by atoms with E-state index in [4.69, 9.17) is 9.84 Å². The second-order valence-electron chi connectivity index (χ2n) is 3.31. The van der Waals surface area contributed by atoms with Gasteiger partial charge in [0.15, 0.2) is 12.0 Å². The van der Waals surface area contributed by atoms with Crippen LogP contribution in [-0.4, -0.2) is 40.6 Å². The molecule has 2 unspecified atom stereocenters. The maximum atomic E-state index is 10.5. The van der Waals surface area contributed by atoms with Gasteiger partial charge in [-0.05, 0) is 6.92 Å². The topological polar surface area (TPSA) is 102 Å². The molecule has 1 aliphatic rings. The molecule has 0 radical (unpaired) electrons. The molecule has 0 saturated heterocycles. The van der Waals surface area contributed by atoms with Crippen LogP contribution in [0.15, 0.2) is 4.99 Å². The number of carbonyl (C=O) groups is 1. The number of ether oxygens (including phenoxy) is 1. The first-order valence-electron chi connectivity index (χ1n) is 4.57. The van der Waals surface area contributed by atoms with E-state index in [0.29, 0.717) is 18.7 Å². The van der Waals surface area contributed by atoms with E-state index in [1.165, 1.54) is 6.92 Å². The van der Waals surface area contributed by atoms with Crippen LogP contribution in [0.25, 0.3) is 0 Å². The molecule has 0 spiro atoms. The minimum atomic E-state index is -1.07. The van der Waals surface area contributed by atoms with Crippen molar-refractivity contribution in [3.8, 4) is 0 Å². The van der Waals surface area contributed by atoms with E-state index in [2.05, 4.69) is 4.99 Å². The van der Waals surface area contributed by atoms with Gasteiger partial charge in [-0.1, -0.05) is 0 Å². The molecule has 0 amide bonds. The lowest BCUT2D eigenvalue weighted by Gasteiger charge is -2.17. The molecule has 0 bridgehead atoms. The number of hydrogen-bond acceptors (Lipinski definition) is 5. The fraction of sp³-hybridized carbons (Fsp3) is 0.750. The third-order valence-corrected chi connectivity index (χ3v) is 2.13. The number of aliphatic carboxylic acids is 1. The van der Waals surface area contributed by atoms with Gasteiger partial charge < -0.3 is 9.84 Å². The molecule has 0 fully saturated rings. The zero-order valence-corrected chi connectivity index (χ0v) is 8.25. The van der Waals surface area contributed by atoms with Crippen LogP contribution in [0.5, 0.6) is 0 Å². The number of carboxylic acid groups (broad SMARTS) is 1. The van der Waals surface area contributed by atoms with Gasteiger partial charge in [-0.2, -0.15) is 0 Å². The Balaban J connectivity index is 2.47. The van der Waals surface area contributed by atoms with E-state index >= 15 is 0 Å². The second kappa shape index (κ2) is 4.72. The SMILES string of the molecule is CC(OC1=NCC([N+](=O)[O-])CC1)C(=O)O. The quantitative estimate of drug-likeness (QED) is 0.540. The molecule has 0 aromatic rings. The number of carboxylic acids is 1. The van der Waals surface area contributed by atoms with Crippen molar-refractivity contribution in [2.24, 2.45) is 4.99 Å². The van der Waals surface area contributed by atoms with E-state index in [-0.39, 0.29) is 11.5 Å². The molecule has 7 nitrogen and oxygen atoms in total. The molecular weight excluding hydrogens is 204 g/mol. The van der Waals surface area contributed by atoms with Crippen LogP contribution in [0, 0.1) is 10.1 Å². The summed E-state index contributed by atoms with van der Waals surface area (Å²) >= 11 is 0. The highest BCUT2D eigenvalue weighted by molar-refractivity contribution is 5.81. The molecule has 1 N–H and O–H groups in total. The fourth-order valence-corrected chi connectivity index (χ4v) is 1.19. The van der Waals surface area contributed by atoms with Crippen LogP contribution in [-0.2, 0) is 9.53 Å². The third-order valence-electron chi connectivity index (χ3n) is 2.13. The van der Waals surface area contributed by atoms with Gasteiger partial charge in [-0.15, -0.1) is 0 Å². The molecule has 1 aliphatic heterocycles. The summed E-state index contributed by atoms with van der Waals surface area (Å²) in [6.45, 7) is 1.46. The van der Waals surface area contributed by atoms with Crippen LogP contribution < -0.4 is 0 Å². The van der Waals surface area contributed by atoms with Gasteiger partial charge in [0, 0.05) is 17.8 Å². The van der Waals surface area contributed by atoms with Crippen LogP contribution in [0.4, 0.5) is 0 Å². The normalized spacial score (nSPS) is 22.7. The Bertz CT molecular complexity index is 301. The highest BCUT2D eigenvalue weighted by atomic mass is 16.6. The van der Waals surface area contributed by atoms with Gasteiger partial charge in [0.25, 0.3) is 0 Å². The maximum absolute atomic E-state index is 10.5. The van der Waals surface area contributed by atoms with E-state index in [0.717, 1.165) is 0 Å². The summed E-state index contributed by atoms with van der Waals surface area (Å²) in [6, 6.07) is -0.669. The van der Waals surface area contributed by atoms with Gasteiger partial charge in [0.05, 0.1) is 0 Å². The van der Waals surface area contributed by atoms with Crippen molar-refractivity contribution in [3.63, 3.8) is 0 Å². The first-order chi connectivity index (χ1) is 7.00. The Morgan fingerprint density at radius 2 is 2.47 bits per heavy atom. The fourth-order valence-electron chi connectivity index (χ4n) is 1.19. The summed E-state index contributed by atoms with van der Waals surface area (Å²) < 4.78 is 5.01. The van der Waals surface area contributed by atoms with Crippen LogP contribution in [0.1, 0.15) is 19.8 Å². The maximum Gasteiger partial charge on any atom is 0.344 e. The van der Waals surface area contributed by atoms with Crippen LogP contribution in [0.3, 0.4) is 0 Å². The molecule has 1 rings (SSSR count). The predicted octanol–water partition coefficient (Wildman–Crippen LogP) is 0.314. The molecule has 2 atom stereocenters. The zero-order chi connectivity index (χ0) is 11.4. The minimum Gasteiger partial charge on any atom is -0.479 e. The van der Waals surface area contributed by atoms with Crippen molar-refractivity contribution < 1.29 is 19.6 Å². The smallest absolute Gasteiger partial charge is 0.344 e. The average Bonchev–Trinajstić information content (AvgIpc) is 2.18. The molecule has 1 heterocycles. The lowest BCUT2D eigenvalue weighted by molar-refractivity contribution is -0.520. The molecule has 0 aromatic carbocycles. The highest BCUT2D eigenvalue weighted by Crippen LogP contribution is 2.12. The summed E-state index contributed by atoms with van der Waals surface area (Å²) in [4.78, 5) is 24.3. The van der Waals surface area contributed by atoms with Crippen molar-refractivity contribution in [3.05, 3.63) is 10.1 Å².